The lowest BCUT2D eigenvalue weighted by molar-refractivity contribution is -0.135. The number of ketones is 1. The average Bonchev–Trinajstić information content (AvgIpc) is 2.91. The van der Waals surface area contributed by atoms with Crippen LogP contribution in [0.5, 0.6) is 28.7 Å². The maximum Gasteiger partial charge on any atom is 0.342 e. The van der Waals surface area contributed by atoms with Crippen molar-refractivity contribution in [2.45, 2.75) is 70.8 Å². The number of cyclic esters (lactones) is 1. The average molecular weight is 567 g/mol. The summed E-state index contributed by atoms with van der Waals surface area (Å²) < 4.78 is 27.4. The van der Waals surface area contributed by atoms with Crippen molar-refractivity contribution in [2.24, 2.45) is 0 Å². The number of methoxy groups -OCH3 is 2. The fourth-order valence-corrected chi connectivity index (χ4v) is 5.15. The van der Waals surface area contributed by atoms with Crippen LogP contribution in [-0.2, 0) is 19.1 Å². The van der Waals surface area contributed by atoms with Gasteiger partial charge in [-0.3, -0.25) is 14.4 Å². The Bertz CT molecular complexity index is 1360. The lowest BCUT2D eigenvalue weighted by Gasteiger charge is -2.28. The largest absolute Gasteiger partial charge is 0.507 e. The molecule has 2 aromatic carbocycles. The number of phenols is 1. The molecule has 0 saturated heterocycles. The second-order valence-electron chi connectivity index (χ2n) is 10.1. The zero-order valence-electron chi connectivity index (χ0n) is 23.6. The molecule has 2 unspecified atom stereocenters. The number of carbonyl (C=O) groups is 4. The van der Waals surface area contributed by atoms with Gasteiger partial charge >= 0.3 is 17.9 Å². The second-order valence-corrected chi connectivity index (χ2v) is 10.1. The predicted molar refractivity (Wildman–Crippen MR) is 148 cm³/mol. The molecule has 1 N–H and O–H groups in total. The minimum absolute atomic E-state index is 0.0432. The molecule has 0 aromatic heterocycles. The van der Waals surface area contributed by atoms with Gasteiger partial charge < -0.3 is 28.8 Å². The van der Waals surface area contributed by atoms with Gasteiger partial charge in [-0.2, -0.15) is 0 Å². The van der Waals surface area contributed by atoms with Gasteiger partial charge in [-0.1, -0.05) is 12.2 Å². The fourth-order valence-electron chi connectivity index (χ4n) is 5.15. The summed E-state index contributed by atoms with van der Waals surface area (Å²) in [6, 6.07) is 4.71. The Morgan fingerprint density at radius 2 is 1.71 bits per heavy atom. The van der Waals surface area contributed by atoms with E-state index < -0.39 is 29.9 Å². The van der Waals surface area contributed by atoms with E-state index in [2.05, 4.69) is 0 Å². The van der Waals surface area contributed by atoms with Crippen molar-refractivity contribution in [3.8, 4) is 28.7 Å². The number of fused-ring (bicyclic) bond motifs is 2. The minimum Gasteiger partial charge on any atom is -0.507 e. The van der Waals surface area contributed by atoms with Crippen molar-refractivity contribution in [1.82, 2.24) is 0 Å². The molecule has 2 aromatic rings. The number of phenolic OH excluding ortho intramolecular Hbond substituents is 1. The molecule has 10 heteroatoms. The third kappa shape index (κ3) is 6.70. The van der Waals surface area contributed by atoms with Crippen LogP contribution in [0.25, 0.3) is 6.08 Å². The molecule has 0 saturated carbocycles. The molecular weight excluding hydrogens is 532 g/mol. The first kappa shape index (κ1) is 29.6. The summed E-state index contributed by atoms with van der Waals surface area (Å²) in [7, 11) is 2.80. The van der Waals surface area contributed by atoms with Crippen LogP contribution in [0.3, 0.4) is 0 Å². The summed E-state index contributed by atoms with van der Waals surface area (Å²) in [6.07, 6.45) is 6.08. The van der Waals surface area contributed by atoms with Crippen LogP contribution in [-0.4, -0.2) is 49.1 Å². The summed E-state index contributed by atoms with van der Waals surface area (Å²) in [5, 5.41) is 11.6. The molecule has 4 rings (SSSR count). The molecule has 0 aliphatic carbocycles. The van der Waals surface area contributed by atoms with Crippen molar-refractivity contribution < 1.29 is 48.0 Å². The van der Waals surface area contributed by atoms with Gasteiger partial charge in [0.15, 0.2) is 11.5 Å². The van der Waals surface area contributed by atoms with E-state index in [9.17, 15) is 24.3 Å². The summed E-state index contributed by atoms with van der Waals surface area (Å²) >= 11 is 0. The minimum atomic E-state index is -0.751. The van der Waals surface area contributed by atoms with E-state index in [1.54, 1.807) is 25.1 Å². The number of rotatable bonds is 4. The SMILES string of the molecule is COc1cc(C2CC(=O)Oc3cc4c(c(O)c32)C(=O)OC(C)CCCC(=O)CCCC=C4)cc(OC)c1OC(C)=O. The van der Waals surface area contributed by atoms with E-state index in [1.165, 1.54) is 27.2 Å². The molecule has 0 spiro atoms. The number of hydrogen-bond acceptors (Lipinski definition) is 10. The number of allylic oxidation sites excluding steroid dienone is 1. The lowest BCUT2D eigenvalue weighted by atomic mass is 9.83. The van der Waals surface area contributed by atoms with Gasteiger partial charge in [0.2, 0.25) is 5.75 Å². The topological polar surface area (TPSA) is 135 Å². The zero-order chi connectivity index (χ0) is 29.7. The molecule has 10 nitrogen and oxygen atoms in total. The zero-order valence-corrected chi connectivity index (χ0v) is 23.6. The maximum atomic E-state index is 13.4. The summed E-state index contributed by atoms with van der Waals surface area (Å²) in [5.74, 6) is -2.23. The maximum absolute atomic E-state index is 13.4. The Morgan fingerprint density at radius 1 is 1.02 bits per heavy atom. The molecule has 0 radical (unpaired) electrons. The number of benzene rings is 2. The predicted octanol–water partition coefficient (Wildman–Crippen LogP) is 5.26. The highest BCUT2D eigenvalue weighted by Crippen LogP contribution is 2.50. The van der Waals surface area contributed by atoms with Crippen molar-refractivity contribution >= 4 is 29.8 Å². The first-order valence-corrected chi connectivity index (χ1v) is 13.6. The third-order valence-electron chi connectivity index (χ3n) is 7.11. The molecule has 0 fully saturated rings. The number of aromatic hydroxyl groups is 1. The molecule has 2 atom stereocenters. The molecule has 2 aliphatic heterocycles. The van der Waals surface area contributed by atoms with Crippen molar-refractivity contribution in [3.05, 3.63) is 46.5 Å². The van der Waals surface area contributed by atoms with Gasteiger partial charge in [-0.05, 0) is 61.9 Å². The summed E-state index contributed by atoms with van der Waals surface area (Å²) in [6.45, 7) is 2.99. The Morgan fingerprint density at radius 3 is 2.37 bits per heavy atom. The van der Waals surface area contributed by atoms with E-state index in [0.29, 0.717) is 49.7 Å². The Labute approximate surface area is 238 Å². The number of hydrogen-bond donors (Lipinski definition) is 1. The summed E-state index contributed by atoms with van der Waals surface area (Å²) in [5.41, 5.74) is 1.03. The molecule has 2 heterocycles. The van der Waals surface area contributed by atoms with Crippen LogP contribution in [0, 0.1) is 0 Å². The number of Topliss-reactive ketones (excluding diaryl/α,β-unsaturated/α-hetero) is 1. The molecule has 0 bridgehead atoms. The fraction of sp³-hybridized carbons (Fsp3) is 0.419. The monoisotopic (exact) mass is 566 g/mol. The summed E-state index contributed by atoms with van der Waals surface area (Å²) in [4.78, 5) is 50.0. The molecule has 0 amide bonds. The van der Waals surface area contributed by atoms with Gasteiger partial charge in [0.05, 0.1) is 26.7 Å². The number of ether oxygens (including phenoxy) is 5. The van der Waals surface area contributed by atoms with E-state index in [-0.39, 0.29) is 52.1 Å². The van der Waals surface area contributed by atoms with Gasteiger partial charge in [0.1, 0.15) is 22.8 Å². The molecule has 2 aliphatic rings. The van der Waals surface area contributed by atoms with Gasteiger partial charge in [0, 0.05) is 31.2 Å². The normalized spacial score (nSPS) is 19.7. The quantitative estimate of drug-likeness (QED) is 0.386. The molecule has 41 heavy (non-hydrogen) atoms. The second kappa shape index (κ2) is 12.9. The highest BCUT2D eigenvalue weighted by molar-refractivity contribution is 5.98. The van der Waals surface area contributed by atoms with E-state index >= 15 is 0 Å². The van der Waals surface area contributed by atoms with Crippen molar-refractivity contribution in [3.63, 3.8) is 0 Å². The van der Waals surface area contributed by atoms with E-state index in [1.807, 2.05) is 6.08 Å². The number of carbonyl (C=O) groups excluding carboxylic acids is 4. The van der Waals surface area contributed by atoms with Crippen LogP contribution in [0.4, 0.5) is 0 Å². The first-order chi connectivity index (χ1) is 19.6. The Balaban J connectivity index is 1.86. The molecule has 218 valence electrons. The standard InChI is InChI=1S/C31H34O10/c1-17-9-8-12-21(33)11-7-5-6-10-19-13-23-28(29(35)27(19)31(36)39-17)22(16-26(34)41-23)20-14-24(37-3)30(40-18(2)32)25(15-20)38-4/h6,10,13-15,17,22,35H,5,7-9,11-12,16H2,1-4H3. The Kier molecular flexibility index (Phi) is 9.31. The first-order valence-electron chi connectivity index (χ1n) is 13.6. The highest BCUT2D eigenvalue weighted by atomic mass is 16.6. The van der Waals surface area contributed by atoms with Gasteiger partial charge in [-0.25, -0.2) is 4.79 Å². The van der Waals surface area contributed by atoms with Gasteiger partial charge in [0.25, 0.3) is 0 Å². The van der Waals surface area contributed by atoms with Crippen LogP contribution in [0.2, 0.25) is 0 Å². The number of esters is 3. The third-order valence-corrected chi connectivity index (χ3v) is 7.11. The van der Waals surface area contributed by atoms with E-state index in [4.69, 9.17) is 23.7 Å². The van der Waals surface area contributed by atoms with Crippen LogP contribution < -0.4 is 18.9 Å². The van der Waals surface area contributed by atoms with Crippen LogP contribution in [0.15, 0.2) is 24.3 Å². The highest BCUT2D eigenvalue weighted by Gasteiger charge is 2.36. The Hall–Kier alpha value is -4.34. The smallest absolute Gasteiger partial charge is 0.342 e. The van der Waals surface area contributed by atoms with Crippen molar-refractivity contribution in [1.29, 1.82) is 0 Å². The van der Waals surface area contributed by atoms with Crippen molar-refractivity contribution in [2.75, 3.05) is 14.2 Å². The van der Waals surface area contributed by atoms with Gasteiger partial charge in [-0.15, -0.1) is 0 Å². The van der Waals surface area contributed by atoms with Crippen LogP contribution in [0.1, 0.15) is 91.8 Å². The van der Waals surface area contributed by atoms with E-state index in [0.717, 1.165) is 0 Å². The molecular formula is C31H34O10. The lowest BCUT2D eigenvalue weighted by Crippen LogP contribution is -2.23. The van der Waals surface area contributed by atoms with Crippen LogP contribution >= 0.6 is 0 Å².